The van der Waals surface area contributed by atoms with E-state index in [9.17, 15) is 4.79 Å². The molecule has 5 heteroatoms. The van der Waals surface area contributed by atoms with E-state index in [2.05, 4.69) is 44.4 Å². The Morgan fingerprint density at radius 3 is 2.57 bits per heavy atom. The number of amides is 1. The van der Waals surface area contributed by atoms with E-state index in [1.807, 2.05) is 18.2 Å². The van der Waals surface area contributed by atoms with Gasteiger partial charge in [-0.15, -0.1) is 0 Å². The molecule has 5 nitrogen and oxygen atoms in total. The van der Waals surface area contributed by atoms with Crippen LogP contribution in [-0.4, -0.2) is 42.0 Å². The van der Waals surface area contributed by atoms with Crippen molar-refractivity contribution >= 4 is 17.4 Å². The molecule has 0 radical (unpaired) electrons. The van der Waals surface area contributed by atoms with Crippen molar-refractivity contribution in [2.75, 3.05) is 36.4 Å². The Balaban J connectivity index is 1.31. The zero-order chi connectivity index (χ0) is 19.2. The number of aromatic nitrogens is 1. The first kappa shape index (κ1) is 18.9. The van der Waals surface area contributed by atoms with Crippen LogP contribution in [0.15, 0.2) is 48.7 Å². The van der Waals surface area contributed by atoms with Gasteiger partial charge in [-0.3, -0.25) is 9.69 Å². The summed E-state index contributed by atoms with van der Waals surface area (Å²) >= 11 is 0. The van der Waals surface area contributed by atoms with E-state index in [1.165, 1.54) is 24.8 Å². The normalized spacial score (nSPS) is 20.7. The molecule has 1 amide bonds. The zero-order valence-electron chi connectivity index (χ0n) is 16.5. The molecule has 1 atom stereocenters. The zero-order valence-corrected chi connectivity index (χ0v) is 16.5. The fraction of sp³-hybridized carbons (Fsp3) is 0.478. The van der Waals surface area contributed by atoms with E-state index in [0.29, 0.717) is 0 Å². The summed E-state index contributed by atoms with van der Waals surface area (Å²) in [6.45, 7) is 4.96. The van der Waals surface area contributed by atoms with Crippen molar-refractivity contribution in [2.45, 2.75) is 38.6 Å². The van der Waals surface area contributed by atoms with E-state index in [0.717, 1.165) is 57.1 Å². The smallest absolute Gasteiger partial charge is 0.228 e. The second-order valence-electron chi connectivity index (χ2n) is 8.00. The van der Waals surface area contributed by atoms with Crippen molar-refractivity contribution in [3.05, 3.63) is 54.2 Å². The van der Waals surface area contributed by atoms with E-state index in [-0.39, 0.29) is 11.8 Å². The minimum absolute atomic E-state index is 0.0410. The molecule has 1 aromatic heterocycles. The third-order valence-electron chi connectivity index (χ3n) is 5.82. The number of piperidine rings is 2. The van der Waals surface area contributed by atoms with Gasteiger partial charge in [0.2, 0.25) is 5.91 Å². The SMILES string of the molecule is O=C(Nc1ccc(N2CCCCC2)nc1)C1CCCN(Cc2ccccc2)C1. The average Bonchev–Trinajstić information content (AvgIpc) is 2.76. The molecular weight excluding hydrogens is 348 g/mol. The number of carbonyl (C=O) groups excluding carboxylic acids is 1. The number of likely N-dealkylation sites (tertiary alicyclic amines) is 1. The van der Waals surface area contributed by atoms with Gasteiger partial charge in [-0.1, -0.05) is 30.3 Å². The molecule has 2 aromatic rings. The lowest BCUT2D eigenvalue weighted by Gasteiger charge is -2.32. The van der Waals surface area contributed by atoms with E-state index < -0.39 is 0 Å². The van der Waals surface area contributed by atoms with Crippen molar-refractivity contribution in [3.8, 4) is 0 Å². The molecule has 4 rings (SSSR count). The predicted molar refractivity (Wildman–Crippen MR) is 113 cm³/mol. The fourth-order valence-electron chi connectivity index (χ4n) is 4.27. The second-order valence-corrected chi connectivity index (χ2v) is 8.00. The molecule has 0 spiro atoms. The summed E-state index contributed by atoms with van der Waals surface area (Å²) in [6, 6.07) is 14.5. The standard InChI is InChI=1S/C23H30N4O/c28-23(20-10-7-13-26(18-20)17-19-8-3-1-4-9-19)25-21-11-12-22(24-16-21)27-14-5-2-6-15-27/h1,3-4,8-9,11-12,16,20H,2,5-7,10,13-15,17-18H2,(H,25,28). The van der Waals surface area contributed by atoms with Crippen molar-refractivity contribution in [1.29, 1.82) is 0 Å². The van der Waals surface area contributed by atoms with Crippen molar-refractivity contribution < 1.29 is 4.79 Å². The van der Waals surface area contributed by atoms with E-state index >= 15 is 0 Å². The number of hydrogen-bond acceptors (Lipinski definition) is 4. The monoisotopic (exact) mass is 378 g/mol. The van der Waals surface area contributed by atoms with Gasteiger partial charge in [0, 0.05) is 26.2 Å². The van der Waals surface area contributed by atoms with E-state index in [4.69, 9.17) is 0 Å². The number of anilines is 2. The molecule has 2 saturated heterocycles. The molecule has 0 saturated carbocycles. The van der Waals surface area contributed by atoms with Crippen LogP contribution >= 0.6 is 0 Å². The lowest BCUT2D eigenvalue weighted by atomic mass is 9.96. The number of hydrogen-bond donors (Lipinski definition) is 1. The molecule has 1 aromatic carbocycles. The molecule has 3 heterocycles. The summed E-state index contributed by atoms with van der Waals surface area (Å²) in [4.78, 5) is 22.1. The molecule has 2 fully saturated rings. The van der Waals surface area contributed by atoms with Crippen LogP contribution in [0.3, 0.4) is 0 Å². The quantitative estimate of drug-likeness (QED) is 0.857. The predicted octanol–water partition coefficient (Wildman–Crippen LogP) is 3.92. The molecule has 28 heavy (non-hydrogen) atoms. The summed E-state index contributed by atoms with van der Waals surface area (Å²) < 4.78 is 0. The van der Waals surface area contributed by atoms with Gasteiger partial charge < -0.3 is 10.2 Å². The molecule has 148 valence electrons. The number of nitrogens with one attached hydrogen (secondary N) is 1. The average molecular weight is 379 g/mol. The molecular formula is C23H30N4O. The Morgan fingerprint density at radius 2 is 1.82 bits per heavy atom. The summed E-state index contributed by atoms with van der Waals surface area (Å²) in [7, 11) is 0. The Labute approximate surface area is 167 Å². The lowest BCUT2D eigenvalue weighted by molar-refractivity contribution is -0.121. The first-order valence-corrected chi connectivity index (χ1v) is 10.6. The molecule has 2 aliphatic rings. The highest BCUT2D eigenvalue weighted by Crippen LogP contribution is 2.22. The Morgan fingerprint density at radius 1 is 1.00 bits per heavy atom. The van der Waals surface area contributed by atoms with Gasteiger partial charge in [0.15, 0.2) is 0 Å². The van der Waals surface area contributed by atoms with Crippen LogP contribution < -0.4 is 10.2 Å². The van der Waals surface area contributed by atoms with Gasteiger partial charge in [-0.2, -0.15) is 0 Å². The summed E-state index contributed by atoms with van der Waals surface area (Å²) in [5.74, 6) is 1.17. The van der Waals surface area contributed by atoms with Crippen LogP contribution in [0, 0.1) is 5.92 Å². The van der Waals surface area contributed by atoms with Gasteiger partial charge in [0.1, 0.15) is 5.82 Å². The van der Waals surface area contributed by atoms with Crippen molar-refractivity contribution in [2.24, 2.45) is 5.92 Å². The molecule has 1 unspecified atom stereocenters. The van der Waals surface area contributed by atoms with Crippen molar-refractivity contribution in [3.63, 3.8) is 0 Å². The summed E-state index contributed by atoms with van der Waals surface area (Å²) in [5, 5.41) is 3.08. The van der Waals surface area contributed by atoms with Gasteiger partial charge in [0.25, 0.3) is 0 Å². The maximum absolute atomic E-state index is 12.8. The number of rotatable bonds is 5. The fourth-order valence-corrected chi connectivity index (χ4v) is 4.27. The van der Waals surface area contributed by atoms with Gasteiger partial charge in [-0.05, 0) is 56.3 Å². The van der Waals surface area contributed by atoms with Gasteiger partial charge >= 0.3 is 0 Å². The van der Waals surface area contributed by atoms with Crippen LogP contribution in [0.5, 0.6) is 0 Å². The first-order chi connectivity index (χ1) is 13.8. The van der Waals surface area contributed by atoms with Gasteiger partial charge in [0.05, 0.1) is 17.8 Å². The van der Waals surface area contributed by atoms with Crippen LogP contribution in [0.25, 0.3) is 0 Å². The summed E-state index contributed by atoms with van der Waals surface area (Å²) in [6.07, 6.45) is 7.61. The van der Waals surface area contributed by atoms with E-state index in [1.54, 1.807) is 6.20 Å². The summed E-state index contributed by atoms with van der Waals surface area (Å²) in [5.41, 5.74) is 2.10. The Hall–Kier alpha value is -2.40. The molecule has 0 aliphatic carbocycles. The second kappa shape index (κ2) is 9.20. The Kier molecular flexibility index (Phi) is 6.22. The Bertz CT molecular complexity index is 756. The minimum atomic E-state index is 0.0410. The number of nitrogens with zero attached hydrogens (tertiary/aromatic N) is 3. The topological polar surface area (TPSA) is 48.5 Å². The highest BCUT2D eigenvalue weighted by atomic mass is 16.1. The number of benzene rings is 1. The van der Waals surface area contributed by atoms with Crippen LogP contribution in [0.2, 0.25) is 0 Å². The maximum Gasteiger partial charge on any atom is 0.228 e. The van der Waals surface area contributed by atoms with Crippen LogP contribution in [0.1, 0.15) is 37.7 Å². The molecule has 0 bridgehead atoms. The third-order valence-corrected chi connectivity index (χ3v) is 5.82. The van der Waals surface area contributed by atoms with Gasteiger partial charge in [-0.25, -0.2) is 4.98 Å². The number of pyridine rings is 1. The maximum atomic E-state index is 12.8. The van der Waals surface area contributed by atoms with Crippen LogP contribution in [-0.2, 0) is 11.3 Å². The number of carbonyl (C=O) groups is 1. The lowest BCUT2D eigenvalue weighted by Crippen LogP contribution is -2.40. The highest BCUT2D eigenvalue weighted by molar-refractivity contribution is 5.92. The minimum Gasteiger partial charge on any atom is -0.357 e. The third kappa shape index (κ3) is 4.90. The molecule has 2 aliphatic heterocycles. The largest absolute Gasteiger partial charge is 0.357 e. The molecule has 1 N–H and O–H groups in total. The van der Waals surface area contributed by atoms with Crippen molar-refractivity contribution in [1.82, 2.24) is 9.88 Å². The van der Waals surface area contributed by atoms with Crippen LogP contribution in [0.4, 0.5) is 11.5 Å². The highest BCUT2D eigenvalue weighted by Gasteiger charge is 2.26. The first-order valence-electron chi connectivity index (χ1n) is 10.6.